The van der Waals surface area contributed by atoms with E-state index in [1.807, 2.05) is 6.92 Å². The molecular formula is C21H19ClF2NO3. The minimum Gasteiger partial charge on any atom is -0.396 e. The van der Waals surface area contributed by atoms with Crippen molar-refractivity contribution in [2.24, 2.45) is 5.92 Å². The first-order chi connectivity index (χ1) is 13.3. The molecule has 7 heteroatoms. The van der Waals surface area contributed by atoms with Gasteiger partial charge in [-0.3, -0.25) is 4.79 Å². The zero-order valence-electron chi connectivity index (χ0n) is 15.0. The van der Waals surface area contributed by atoms with Crippen molar-refractivity contribution in [2.75, 3.05) is 6.61 Å². The third-order valence-electron chi connectivity index (χ3n) is 4.82. The fourth-order valence-corrected chi connectivity index (χ4v) is 3.50. The molecule has 0 saturated heterocycles. The summed E-state index contributed by atoms with van der Waals surface area (Å²) in [5.41, 5.74) is 0.689. The number of rotatable bonds is 6. The van der Waals surface area contributed by atoms with Gasteiger partial charge in [0.1, 0.15) is 11.6 Å². The Kier molecular flexibility index (Phi) is 6.13. The molecule has 1 radical (unpaired) electrons. The van der Waals surface area contributed by atoms with Crippen LogP contribution in [0, 0.1) is 24.0 Å². The average molecular weight is 407 g/mol. The van der Waals surface area contributed by atoms with Gasteiger partial charge < -0.3 is 15.2 Å². The summed E-state index contributed by atoms with van der Waals surface area (Å²) >= 11 is 5.77. The molecule has 2 aromatic carbocycles. The van der Waals surface area contributed by atoms with Crippen LogP contribution in [0.15, 0.2) is 47.4 Å². The van der Waals surface area contributed by atoms with Crippen LogP contribution in [-0.2, 0) is 0 Å². The van der Waals surface area contributed by atoms with E-state index in [2.05, 4.69) is 4.98 Å². The monoisotopic (exact) mass is 406 g/mol. The Morgan fingerprint density at radius 2 is 1.93 bits per heavy atom. The quantitative estimate of drug-likeness (QED) is 0.576. The van der Waals surface area contributed by atoms with Crippen molar-refractivity contribution in [2.45, 2.75) is 18.9 Å². The maximum atomic E-state index is 13.7. The first kappa shape index (κ1) is 20.5. The zero-order chi connectivity index (χ0) is 20.4. The average Bonchev–Trinajstić information content (AvgIpc) is 2.67. The summed E-state index contributed by atoms with van der Waals surface area (Å²) in [5.74, 6) is -2.08. The van der Waals surface area contributed by atoms with Crippen LogP contribution in [0.1, 0.15) is 30.1 Å². The van der Waals surface area contributed by atoms with Gasteiger partial charge in [-0.1, -0.05) is 24.6 Å². The van der Waals surface area contributed by atoms with E-state index in [-0.39, 0.29) is 23.1 Å². The molecule has 3 aromatic rings. The van der Waals surface area contributed by atoms with Gasteiger partial charge in [0.15, 0.2) is 0 Å². The molecule has 3 atom stereocenters. The summed E-state index contributed by atoms with van der Waals surface area (Å²) in [5, 5.41) is 21.1. The maximum Gasteiger partial charge on any atom is 0.255 e. The number of H-pyrrole nitrogens is 1. The van der Waals surface area contributed by atoms with Gasteiger partial charge in [-0.2, -0.15) is 0 Å². The fraction of sp³-hybridized carbons (Fsp3) is 0.238. The van der Waals surface area contributed by atoms with Crippen LogP contribution < -0.4 is 5.56 Å². The van der Waals surface area contributed by atoms with Crippen LogP contribution >= 0.6 is 11.6 Å². The van der Waals surface area contributed by atoms with Gasteiger partial charge in [0.2, 0.25) is 0 Å². The van der Waals surface area contributed by atoms with Crippen molar-refractivity contribution in [1.29, 1.82) is 0 Å². The van der Waals surface area contributed by atoms with Gasteiger partial charge in [0.05, 0.1) is 11.1 Å². The zero-order valence-corrected chi connectivity index (χ0v) is 15.8. The van der Waals surface area contributed by atoms with E-state index >= 15 is 0 Å². The number of aliphatic hydroxyl groups excluding tert-OH is 2. The molecule has 3 rings (SSSR count). The number of benzene rings is 2. The van der Waals surface area contributed by atoms with Crippen molar-refractivity contribution in [1.82, 2.24) is 4.98 Å². The lowest BCUT2D eigenvalue weighted by atomic mass is 9.84. The number of aromatic nitrogens is 1. The van der Waals surface area contributed by atoms with Crippen molar-refractivity contribution >= 4 is 22.4 Å². The molecule has 0 fully saturated rings. The van der Waals surface area contributed by atoms with Gasteiger partial charge in [-0.25, -0.2) is 8.78 Å². The molecular weight excluding hydrogens is 388 g/mol. The van der Waals surface area contributed by atoms with E-state index in [1.165, 1.54) is 36.5 Å². The third kappa shape index (κ3) is 4.09. The molecule has 4 nitrogen and oxygen atoms in total. The number of pyridine rings is 1. The number of hydrogen-bond acceptors (Lipinski definition) is 3. The molecule has 147 valence electrons. The van der Waals surface area contributed by atoms with Gasteiger partial charge in [-0.15, -0.1) is 0 Å². The molecule has 0 aliphatic rings. The molecule has 1 heterocycles. The predicted octanol–water partition coefficient (Wildman–Crippen LogP) is 4.11. The fourth-order valence-electron chi connectivity index (χ4n) is 3.31. The Morgan fingerprint density at radius 1 is 1.18 bits per heavy atom. The highest BCUT2D eigenvalue weighted by Crippen LogP contribution is 2.34. The van der Waals surface area contributed by atoms with E-state index in [4.69, 9.17) is 11.6 Å². The molecule has 0 amide bonds. The van der Waals surface area contributed by atoms with E-state index in [9.17, 15) is 23.8 Å². The molecule has 1 aromatic heterocycles. The third-order valence-corrected chi connectivity index (χ3v) is 5.11. The number of fused-ring (bicyclic) bond motifs is 1. The number of aromatic amines is 1. The molecule has 0 bridgehead atoms. The van der Waals surface area contributed by atoms with Crippen molar-refractivity contribution in [3.63, 3.8) is 0 Å². The molecule has 3 unspecified atom stereocenters. The van der Waals surface area contributed by atoms with E-state index in [0.717, 1.165) is 6.07 Å². The second-order valence-corrected chi connectivity index (χ2v) is 7.12. The lowest BCUT2D eigenvalue weighted by Crippen LogP contribution is -2.20. The first-order valence-corrected chi connectivity index (χ1v) is 9.09. The standard InChI is InChI=1S/C21H19ClF2NO3/c1-11(17-9-25-21(28)15-4-3-14(23)8-16(15)17)6-13(10-26)20(27)12-2-5-19(24)18(22)7-12/h2-9,11,13,20,26-27H,10H2,1H3,(H,25,28). The largest absolute Gasteiger partial charge is 0.396 e. The lowest BCUT2D eigenvalue weighted by molar-refractivity contribution is 0.0809. The second kappa shape index (κ2) is 8.39. The molecule has 0 saturated carbocycles. The summed E-state index contributed by atoms with van der Waals surface area (Å²) in [7, 11) is 0. The van der Waals surface area contributed by atoms with Gasteiger partial charge in [0.25, 0.3) is 5.56 Å². The highest BCUT2D eigenvalue weighted by molar-refractivity contribution is 6.30. The number of aliphatic hydroxyl groups is 2. The first-order valence-electron chi connectivity index (χ1n) is 8.71. The molecule has 0 spiro atoms. The van der Waals surface area contributed by atoms with Gasteiger partial charge in [0, 0.05) is 24.1 Å². The van der Waals surface area contributed by atoms with Gasteiger partial charge >= 0.3 is 0 Å². The Hall–Kier alpha value is -2.28. The molecule has 3 N–H and O–H groups in total. The summed E-state index contributed by atoms with van der Waals surface area (Å²) in [6.45, 7) is 1.45. The summed E-state index contributed by atoms with van der Waals surface area (Å²) in [6.07, 6.45) is 2.09. The molecule has 0 aliphatic heterocycles. The van der Waals surface area contributed by atoms with Crippen LogP contribution in [0.3, 0.4) is 0 Å². The van der Waals surface area contributed by atoms with Crippen LogP contribution in [0.4, 0.5) is 8.78 Å². The lowest BCUT2D eigenvalue weighted by Gasteiger charge is -2.25. The normalized spacial score (nSPS) is 14.8. The van der Waals surface area contributed by atoms with Crippen LogP contribution in [0.25, 0.3) is 10.8 Å². The number of hydrogen-bond donors (Lipinski definition) is 3. The number of halogens is 3. The molecule has 0 aliphatic carbocycles. The molecule has 28 heavy (non-hydrogen) atoms. The highest BCUT2D eigenvalue weighted by Gasteiger charge is 2.25. The summed E-state index contributed by atoms with van der Waals surface area (Å²) in [6, 6.07) is 7.78. The summed E-state index contributed by atoms with van der Waals surface area (Å²) < 4.78 is 27.1. The van der Waals surface area contributed by atoms with Crippen molar-refractivity contribution in [3.8, 4) is 0 Å². The highest BCUT2D eigenvalue weighted by atomic mass is 35.5. The van der Waals surface area contributed by atoms with Crippen LogP contribution in [-0.4, -0.2) is 21.8 Å². The summed E-state index contributed by atoms with van der Waals surface area (Å²) in [4.78, 5) is 14.6. The SMILES string of the molecule is CC([CH]C(CO)C(O)c1ccc(F)c(Cl)c1)c1c[nH]c(=O)c2ccc(F)cc12. The Morgan fingerprint density at radius 3 is 2.61 bits per heavy atom. The van der Waals surface area contributed by atoms with Crippen LogP contribution in [0.2, 0.25) is 5.02 Å². The van der Waals surface area contributed by atoms with Crippen molar-refractivity contribution in [3.05, 3.63) is 87.2 Å². The van der Waals surface area contributed by atoms with E-state index < -0.39 is 23.7 Å². The Bertz CT molecular complexity index is 1050. The second-order valence-electron chi connectivity index (χ2n) is 6.71. The Labute approximate surface area is 165 Å². The van der Waals surface area contributed by atoms with Crippen molar-refractivity contribution < 1.29 is 19.0 Å². The number of nitrogens with one attached hydrogen (secondary N) is 1. The van der Waals surface area contributed by atoms with Crippen LogP contribution in [0.5, 0.6) is 0 Å². The topological polar surface area (TPSA) is 73.3 Å². The smallest absolute Gasteiger partial charge is 0.255 e. The Balaban J connectivity index is 1.90. The minimum atomic E-state index is -1.11. The van der Waals surface area contributed by atoms with E-state index in [0.29, 0.717) is 21.9 Å². The van der Waals surface area contributed by atoms with Gasteiger partial charge in [-0.05, 0) is 59.2 Å². The maximum absolute atomic E-state index is 13.7. The predicted molar refractivity (Wildman–Crippen MR) is 104 cm³/mol. The van der Waals surface area contributed by atoms with E-state index in [1.54, 1.807) is 6.42 Å². The minimum absolute atomic E-state index is 0.122.